The van der Waals surface area contributed by atoms with Crippen molar-refractivity contribution in [1.82, 2.24) is 9.88 Å². The molecule has 6 heteroatoms. The quantitative estimate of drug-likeness (QED) is 0.871. The zero-order valence-electron chi connectivity index (χ0n) is 12.6. The monoisotopic (exact) mass is 296 g/mol. The summed E-state index contributed by atoms with van der Waals surface area (Å²) in [6.45, 7) is 0. The van der Waals surface area contributed by atoms with Crippen LogP contribution in [0.4, 0.5) is 10.9 Å². The van der Waals surface area contributed by atoms with Crippen LogP contribution in [0, 0.1) is 0 Å². The zero-order chi connectivity index (χ0) is 14.7. The van der Waals surface area contributed by atoms with E-state index in [0.29, 0.717) is 16.7 Å². The lowest BCUT2D eigenvalue weighted by Crippen LogP contribution is -2.36. The third-order valence-electron chi connectivity index (χ3n) is 3.91. The predicted octanol–water partition coefficient (Wildman–Crippen LogP) is 2.59. The lowest BCUT2D eigenvalue weighted by Gasteiger charge is -2.26. The topological polar surface area (TPSA) is 62.5 Å². The zero-order valence-corrected chi connectivity index (χ0v) is 13.4. The molecule has 0 bridgehead atoms. The highest BCUT2D eigenvalue weighted by Gasteiger charge is 2.26. The molecule has 1 aliphatic carbocycles. The molecule has 0 aliphatic heterocycles. The Balaban J connectivity index is 2.13. The number of hydrogen-bond acceptors (Lipinski definition) is 5. The van der Waals surface area contributed by atoms with Crippen LogP contribution < -0.4 is 10.6 Å². The van der Waals surface area contributed by atoms with Crippen molar-refractivity contribution in [2.24, 2.45) is 0 Å². The highest BCUT2D eigenvalue weighted by atomic mass is 32.1. The van der Waals surface area contributed by atoms with Crippen molar-refractivity contribution >= 4 is 28.2 Å². The van der Waals surface area contributed by atoms with Crippen molar-refractivity contribution in [2.45, 2.75) is 44.6 Å². The maximum atomic E-state index is 12.6. The Hall–Kier alpha value is -1.30. The molecule has 1 amide bonds. The summed E-state index contributed by atoms with van der Waals surface area (Å²) in [7, 11) is 5.70. The largest absolute Gasteiger partial charge is 0.382 e. The SMILES string of the molecule is CN(C)c1nc(N)c(C(=O)N(C)C2CCCCCC2)s1. The summed E-state index contributed by atoms with van der Waals surface area (Å²) in [5.41, 5.74) is 5.90. The summed E-state index contributed by atoms with van der Waals surface area (Å²) >= 11 is 1.37. The minimum absolute atomic E-state index is 0.0139. The molecule has 2 rings (SSSR count). The molecule has 0 saturated heterocycles. The van der Waals surface area contributed by atoms with Gasteiger partial charge in [-0.3, -0.25) is 4.79 Å². The molecule has 1 aromatic rings. The Morgan fingerprint density at radius 3 is 2.30 bits per heavy atom. The van der Waals surface area contributed by atoms with E-state index in [0.717, 1.165) is 18.0 Å². The maximum Gasteiger partial charge on any atom is 0.267 e. The first kappa shape index (κ1) is 15.1. The number of carbonyl (C=O) groups excluding carboxylic acids is 1. The molecule has 0 radical (unpaired) electrons. The summed E-state index contributed by atoms with van der Waals surface area (Å²) in [5.74, 6) is 0.365. The lowest BCUT2D eigenvalue weighted by molar-refractivity contribution is 0.0723. The molecule has 1 saturated carbocycles. The lowest BCUT2D eigenvalue weighted by atomic mass is 10.1. The molecule has 2 N–H and O–H groups in total. The van der Waals surface area contributed by atoms with Crippen molar-refractivity contribution in [2.75, 3.05) is 31.8 Å². The summed E-state index contributed by atoms with van der Waals surface area (Å²) in [6, 6.07) is 0.342. The Morgan fingerprint density at radius 2 is 1.80 bits per heavy atom. The van der Waals surface area contributed by atoms with Gasteiger partial charge < -0.3 is 15.5 Å². The van der Waals surface area contributed by atoms with Gasteiger partial charge in [0.25, 0.3) is 5.91 Å². The van der Waals surface area contributed by atoms with E-state index in [9.17, 15) is 4.79 Å². The minimum atomic E-state index is 0.0139. The van der Waals surface area contributed by atoms with Gasteiger partial charge in [0, 0.05) is 27.2 Å². The molecular formula is C14H24N4OS. The van der Waals surface area contributed by atoms with Gasteiger partial charge in [0.1, 0.15) is 10.7 Å². The molecule has 0 unspecified atom stereocenters. The van der Waals surface area contributed by atoms with Crippen molar-refractivity contribution in [3.05, 3.63) is 4.88 Å². The van der Waals surface area contributed by atoms with Crippen LogP contribution in [0.2, 0.25) is 0 Å². The van der Waals surface area contributed by atoms with E-state index >= 15 is 0 Å². The van der Waals surface area contributed by atoms with Gasteiger partial charge in [-0.15, -0.1) is 0 Å². The van der Waals surface area contributed by atoms with Crippen LogP contribution in [0.3, 0.4) is 0 Å². The second-order valence-electron chi connectivity index (χ2n) is 5.67. The van der Waals surface area contributed by atoms with Gasteiger partial charge in [-0.05, 0) is 12.8 Å². The van der Waals surface area contributed by atoms with Crippen molar-refractivity contribution in [1.29, 1.82) is 0 Å². The number of carbonyl (C=O) groups is 1. The summed E-state index contributed by atoms with van der Waals surface area (Å²) in [4.78, 5) is 21.2. The summed E-state index contributed by atoms with van der Waals surface area (Å²) in [5, 5.41) is 0.778. The Labute approximate surface area is 124 Å². The molecule has 0 atom stereocenters. The number of rotatable bonds is 3. The molecule has 1 fully saturated rings. The molecule has 1 heterocycles. The maximum absolute atomic E-state index is 12.6. The number of thiazole rings is 1. The van der Waals surface area contributed by atoms with Crippen molar-refractivity contribution in [3.63, 3.8) is 0 Å². The van der Waals surface area contributed by atoms with Crippen LogP contribution >= 0.6 is 11.3 Å². The smallest absolute Gasteiger partial charge is 0.267 e. The Morgan fingerprint density at radius 1 is 1.20 bits per heavy atom. The average molecular weight is 296 g/mol. The molecule has 20 heavy (non-hydrogen) atoms. The van der Waals surface area contributed by atoms with Crippen LogP contribution in [0.1, 0.15) is 48.2 Å². The average Bonchev–Trinajstić information content (AvgIpc) is 2.65. The van der Waals surface area contributed by atoms with E-state index in [-0.39, 0.29) is 5.91 Å². The Bertz CT molecular complexity index is 464. The van der Waals surface area contributed by atoms with E-state index in [1.807, 2.05) is 30.9 Å². The van der Waals surface area contributed by atoms with Gasteiger partial charge in [-0.2, -0.15) is 0 Å². The first-order valence-corrected chi connectivity index (χ1v) is 8.03. The number of hydrogen-bond donors (Lipinski definition) is 1. The van der Waals surface area contributed by atoms with Gasteiger partial charge in [-0.1, -0.05) is 37.0 Å². The third-order valence-corrected chi connectivity index (χ3v) is 5.14. The van der Waals surface area contributed by atoms with Crippen LogP contribution in [0.15, 0.2) is 0 Å². The molecule has 0 aromatic carbocycles. The van der Waals surface area contributed by atoms with E-state index in [4.69, 9.17) is 5.73 Å². The number of aromatic nitrogens is 1. The Kier molecular flexibility index (Phi) is 4.86. The van der Waals surface area contributed by atoms with Gasteiger partial charge in [-0.25, -0.2) is 4.98 Å². The normalized spacial score (nSPS) is 16.8. The predicted molar refractivity (Wildman–Crippen MR) is 84.4 cm³/mol. The van der Waals surface area contributed by atoms with Crippen LogP contribution in [0.25, 0.3) is 0 Å². The van der Waals surface area contributed by atoms with Crippen LogP contribution in [0.5, 0.6) is 0 Å². The standard InChI is InChI=1S/C14H24N4OS/c1-17(2)14-16-12(15)11(20-14)13(19)18(3)10-8-6-4-5-7-9-10/h10H,4-9,15H2,1-3H3. The minimum Gasteiger partial charge on any atom is -0.382 e. The second-order valence-corrected chi connectivity index (χ2v) is 6.64. The number of nitrogens with zero attached hydrogens (tertiary/aromatic N) is 3. The molecule has 1 aromatic heterocycles. The first-order valence-electron chi connectivity index (χ1n) is 7.21. The number of nitrogen functional groups attached to an aromatic ring is 1. The highest BCUT2D eigenvalue weighted by Crippen LogP contribution is 2.29. The van der Waals surface area contributed by atoms with Crippen molar-refractivity contribution in [3.8, 4) is 0 Å². The van der Waals surface area contributed by atoms with E-state index in [2.05, 4.69) is 4.98 Å². The van der Waals surface area contributed by atoms with E-state index in [1.54, 1.807) is 0 Å². The van der Waals surface area contributed by atoms with Gasteiger partial charge in [0.05, 0.1) is 0 Å². The number of nitrogens with two attached hydrogens (primary N) is 1. The third kappa shape index (κ3) is 3.23. The van der Waals surface area contributed by atoms with Gasteiger partial charge >= 0.3 is 0 Å². The summed E-state index contributed by atoms with van der Waals surface area (Å²) in [6.07, 6.45) is 7.19. The first-order chi connectivity index (χ1) is 9.50. The van der Waals surface area contributed by atoms with E-state index in [1.165, 1.54) is 37.0 Å². The fraction of sp³-hybridized carbons (Fsp3) is 0.714. The van der Waals surface area contributed by atoms with Crippen LogP contribution in [-0.2, 0) is 0 Å². The van der Waals surface area contributed by atoms with E-state index < -0.39 is 0 Å². The van der Waals surface area contributed by atoms with Gasteiger partial charge in [0.2, 0.25) is 0 Å². The van der Waals surface area contributed by atoms with Gasteiger partial charge in [0.15, 0.2) is 5.13 Å². The molecule has 0 spiro atoms. The van der Waals surface area contributed by atoms with Crippen molar-refractivity contribution < 1.29 is 4.79 Å². The highest BCUT2D eigenvalue weighted by molar-refractivity contribution is 7.18. The molecule has 5 nitrogen and oxygen atoms in total. The number of anilines is 2. The fourth-order valence-electron chi connectivity index (χ4n) is 2.64. The molecule has 1 aliphatic rings. The molecule has 112 valence electrons. The van der Waals surface area contributed by atoms with Crippen LogP contribution in [-0.4, -0.2) is 43.0 Å². The summed E-state index contributed by atoms with van der Waals surface area (Å²) < 4.78 is 0. The second kappa shape index (κ2) is 6.43. The fourth-order valence-corrected chi connectivity index (χ4v) is 3.53. The number of amides is 1. The molecular weight excluding hydrogens is 272 g/mol.